The Balaban J connectivity index is 2.97. The van der Waals surface area contributed by atoms with Gasteiger partial charge in [0, 0.05) is 0 Å². The van der Waals surface area contributed by atoms with Crippen LogP contribution in [0.1, 0.15) is 6.42 Å². The van der Waals surface area contributed by atoms with Crippen molar-refractivity contribution in [3.8, 4) is 6.07 Å². The van der Waals surface area contributed by atoms with E-state index >= 15 is 0 Å². The molecule has 0 rings (SSSR count). The highest BCUT2D eigenvalue weighted by Crippen LogP contribution is 1.76. The Morgan fingerprint density at radius 1 is 1.86 bits per heavy atom. The molecule has 0 radical (unpaired) electrons. The van der Waals surface area contributed by atoms with Crippen molar-refractivity contribution >= 4 is 10.5 Å². The van der Waals surface area contributed by atoms with E-state index in [0.29, 0.717) is 16.9 Å². The van der Waals surface area contributed by atoms with Gasteiger partial charge in [0.2, 0.25) is 10.5 Å². The fourth-order valence-corrected chi connectivity index (χ4v) is 0.389. The smallest absolute Gasteiger partial charge is 0.203 e. The molecule has 0 aliphatic heterocycles. The number of nitriles is 1. The summed E-state index contributed by atoms with van der Waals surface area (Å²) in [5.41, 5.74) is 0. The quantitative estimate of drug-likeness (QED) is 0.364. The molecule has 0 aliphatic rings. The van der Waals surface area contributed by atoms with Gasteiger partial charge in [-0.15, -0.1) is 0 Å². The van der Waals surface area contributed by atoms with E-state index in [1.165, 1.54) is 0 Å². The first-order valence-corrected chi connectivity index (χ1v) is 2.78. The van der Waals surface area contributed by atoms with Gasteiger partial charge in [-0.2, -0.15) is 5.26 Å². The van der Waals surface area contributed by atoms with Crippen LogP contribution in [0.5, 0.6) is 0 Å². The zero-order chi connectivity index (χ0) is 5.54. The van der Waals surface area contributed by atoms with Crippen molar-refractivity contribution in [3.05, 3.63) is 12.3 Å². The van der Waals surface area contributed by atoms with E-state index < -0.39 is 0 Å². The monoisotopic (exact) mass is 113 g/mol. The number of hydrogen-bond donors (Lipinski definition) is 0. The number of allylic oxidation sites excluding steroid dienone is 1. The third kappa shape index (κ3) is 5.25. The molecule has 3 heteroatoms. The van der Waals surface area contributed by atoms with E-state index in [0.717, 1.165) is 0 Å². The molecule has 7 heavy (non-hydrogen) atoms. The zero-order valence-electron chi connectivity index (χ0n) is 4.22. The predicted molar refractivity (Wildman–Crippen MR) is 30.4 cm³/mol. The minimum Gasteiger partial charge on any atom is -0.559 e. The van der Waals surface area contributed by atoms with Crippen LogP contribution in [0.4, 0.5) is 0 Å². The molecule has 0 aromatic carbocycles. The van der Waals surface area contributed by atoms with Crippen LogP contribution in [0.25, 0.3) is 0 Å². The molecular formula is C4H7NOSi. The molecule has 0 unspecified atom stereocenters. The van der Waals surface area contributed by atoms with Gasteiger partial charge >= 0.3 is 0 Å². The van der Waals surface area contributed by atoms with E-state index in [-0.39, 0.29) is 0 Å². The Hall–Kier alpha value is -0.753. The van der Waals surface area contributed by atoms with Crippen molar-refractivity contribution in [1.82, 2.24) is 0 Å². The third-order valence-corrected chi connectivity index (χ3v) is 0.714. The Kier molecular flexibility index (Phi) is 4.68. The van der Waals surface area contributed by atoms with Gasteiger partial charge < -0.3 is 4.43 Å². The standard InChI is InChI=1S/C4H7NOSi/c5-3-1-2-4-6-7/h2,4H,1H2,7H3. The average molecular weight is 113 g/mol. The summed E-state index contributed by atoms with van der Waals surface area (Å²) in [5, 5.41) is 7.95. The molecule has 0 amide bonds. The second-order valence-corrected chi connectivity index (χ2v) is 1.44. The normalized spacial score (nSPS) is 9.00. The summed E-state index contributed by atoms with van der Waals surface area (Å²) in [7, 11) is 0.710. The van der Waals surface area contributed by atoms with Crippen LogP contribution in [0.2, 0.25) is 0 Å². The lowest BCUT2D eigenvalue weighted by Crippen LogP contribution is -1.65. The third-order valence-electron chi connectivity index (χ3n) is 0.441. The van der Waals surface area contributed by atoms with Crippen LogP contribution in [0, 0.1) is 11.3 Å². The molecule has 0 N–H and O–H groups in total. The van der Waals surface area contributed by atoms with Gasteiger partial charge in [-0.1, -0.05) is 0 Å². The topological polar surface area (TPSA) is 33.0 Å². The molecule has 0 aliphatic carbocycles. The maximum atomic E-state index is 7.95. The van der Waals surface area contributed by atoms with Crippen LogP contribution in [-0.4, -0.2) is 10.5 Å². The van der Waals surface area contributed by atoms with Crippen molar-refractivity contribution in [2.45, 2.75) is 6.42 Å². The Bertz CT molecular complexity index is 94.4. The largest absolute Gasteiger partial charge is 0.559 e. The summed E-state index contributed by atoms with van der Waals surface area (Å²) >= 11 is 0. The molecule has 38 valence electrons. The van der Waals surface area contributed by atoms with Gasteiger partial charge in [-0.05, 0) is 6.08 Å². The van der Waals surface area contributed by atoms with Gasteiger partial charge in [-0.3, -0.25) is 0 Å². The molecule has 0 spiro atoms. The first-order valence-electron chi connectivity index (χ1n) is 1.96. The highest BCUT2D eigenvalue weighted by molar-refractivity contribution is 5.98. The molecule has 0 fully saturated rings. The molecule has 0 aromatic rings. The number of rotatable bonds is 2. The molecule has 0 bridgehead atoms. The highest BCUT2D eigenvalue weighted by atomic mass is 28.2. The Labute approximate surface area is 45.9 Å². The number of hydrogen-bond acceptors (Lipinski definition) is 2. The average Bonchev–Trinajstić information content (AvgIpc) is 1.69. The lowest BCUT2D eigenvalue weighted by atomic mass is 10.5. The van der Waals surface area contributed by atoms with Gasteiger partial charge in [0.15, 0.2) is 0 Å². The summed E-state index contributed by atoms with van der Waals surface area (Å²) in [6.07, 6.45) is 3.69. The fraction of sp³-hybridized carbons (Fsp3) is 0.250. The molecular weight excluding hydrogens is 106 g/mol. The highest BCUT2D eigenvalue weighted by Gasteiger charge is 1.65. The molecule has 0 saturated heterocycles. The minimum absolute atomic E-state index is 0.447. The second-order valence-electron chi connectivity index (χ2n) is 0.970. The lowest BCUT2D eigenvalue weighted by molar-refractivity contribution is 0.533. The van der Waals surface area contributed by atoms with Crippen LogP contribution in [-0.2, 0) is 4.43 Å². The number of nitrogens with zero attached hydrogens (tertiary/aromatic N) is 1. The first-order chi connectivity index (χ1) is 3.41. The maximum absolute atomic E-state index is 7.95. The summed E-state index contributed by atoms with van der Waals surface area (Å²) in [6, 6.07) is 1.95. The van der Waals surface area contributed by atoms with Gasteiger partial charge in [0.1, 0.15) is 0 Å². The summed E-state index contributed by atoms with van der Waals surface area (Å²) in [4.78, 5) is 0. The van der Waals surface area contributed by atoms with Crippen LogP contribution < -0.4 is 0 Å². The van der Waals surface area contributed by atoms with Crippen molar-refractivity contribution < 1.29 is 4.43 Å². The SMILES string of the molecule is N#CCC=CO[SiH3]. The van der Waals surface area contributed by atoms with Crippen molar-refractivity contribution in [3.63, 3.8) is 0 Å². The molecule has 2 nitrogen and oxygen atoms in total. The second kappa shape index (κ2) is 5.25. The first kappa shape index (κ1) is 6.25. The molecule has 0 atom stereocenters. The van der Waals surface area contributed by atoms with E-state index in [4.69, 9.17) is 5.26 Å². The van der Waals surface area contributed by atoms with E-state index in [9.17, 15) is 0 Å². The van der Waals surface area contributed by atoms with Crippen LogP contribution >= 0.6 is 0 Å². The van der Waals surface area contributed by atoms with E-state index in [1.54, 1.807) is 12.3 Å². The lowest BCUT2D eigenvalue weighted by Gasteiger charge is -1.80. The Morgan fingerprint density at radius 3 is 3.00 bits per heavy atom. The molecule has 0 saturated carbocycles. The van der Waals surface area contributed by atoms with E-state index in [2.05, 4.69) is 4.43 Å². The van der Waals surface area contributed by atoms with Crippen molar-refractivity contribution in [2.24, 2.45) is 0 Å². The van der Waals surface area contributed by atoms with Crippen LogP contribution in [0.3, 0.4) is 0 Å². The van der Waals surface area contributed by atoms with E-state index in [1.807, 2.05) is 6.07 Å². The summed E-state index contributed by atoms with van der Waals surface area (Å²) < 4.78 is 4.65. The molecule has 0 heterocycles. The van der Waals surface area contributed by atoms with Crippen molar-refractivity contribution in [1.29, 1.82) is 5.26 Å². The fourth-order valence-electron chi connectivity index (χ4n) is 0.197. The van der Waals surface area contributed by atoms with Crippen LogP contribution in [0.15, 0.2) is 12.3 Å². The van der Waals surface area contributed by atoms with Gasteiger partial charge in [0.05, 0.1) is 18.8 Å². The maximum Gasteiger partial charge on any atom is 0.203 e. The predicted octanol–water partition coefficient (Wildman–Crippen LogP) is -0.289. The summed E-state index contributed by atoms with van der Waals surface area (Å²) in [6.45, 7) is 0. The molecule has 0 aromatic heterocycles. The summed E-state index contributed by atoms with van der Waals surface area (Å²) in [5.74, 6) is 0. The minimum atomic E-state index is 0.447. The Morgan fingerprint density at radius 2 is 2.57 bits per heavy atom. The van der Waals surface area contributed by atoms with Gasteiger partial charge in [0.25, 0.3) is 0 Å². The van der Waals surface area contributed by atoms with Gasteiger partial charge in [-0.25, -0.2) is 0 Å². The zero-order valence-corrected chi connectivity index (χ0v) is 6.22. The van der Waals surface area contributed by atoms with Crippen molar-refractivity contribution in [2.75, 3.05) is 0 Å².